The van der Waals surface area contributed by atoms with Crippen LogP contribution in [0.5, 0.6) is 0 Å². The molecule has 0 bridgehead atoms. The average molecular weight is 327 g/mol. The van der Waals surface area contributed by atoms with Crippen LogP contribution in [0.4, 0.5) is 0 Å². The second kappa shape index (κ2) is 5.97. The van der Waals surface area contributed by atoms with Crippen molar-refractivity contribution in [3.05, 3.63) is 0 Å². The third kappa shape index (κ3) is 3.64. The standard InChI is InChI=1S/C10H19BrN2O3S/c11-10-3-1-2-9(10)8-12-17(14,15)13-4-6-16-7-5-13/h9-10,12H,1-8H2. The number of alkyl halides is 1. The first-order valence-electron chi connectivity index (χ1n) is 6.06. The molecule has 2 atom stereocenters. The highest BCUT2D eigenvalue weighted by Crippen LogP contribution is 2.31. The van der Waals surface area contributed by atoms with Gasteiger partial charge in [0.1, 0.15) is 0 Å². The summed E-state index contributed by atoms with van der Waals surface area (Å²) in [5, 5.41) is 0. The Kier molecular flexibility index (Phi) is 4.82. The van der Waals surface area contributed by atoms with E-state index in [1.807, 2.05) is 0 Å². The first-order chi connectivity index (χ1) is 8.09. The summed E-state index contributed by atoms with van der Waals surface area (Å²) in [5.41, 5.74) is 0. The summed E-state index contributed by atoms with van der Waals surface area (Å²) in [7, 11) is -3.31. The van der Waals surface area contributed by atoms with E-state index in [9.17, 15) is 8.42 Å². The molecule has 2 rings (SSSR count). The van der Waals surface area contributed by atoms with E-state index in [2.05, 4.69) is 20.7 Å². The first kappa shape index (κ1) is 13.7. The van der Waals surface area contributed by atoms with Crippen LogP contribution in [0.15, 0.2) is 0 Å². The Labute approximate surface area is 111 Å². The largest absolute Gasteiger partial charge is 0.379 e. The molecule has 1 saturated carbocycles. The van der Waals surface area contributed by atoms with Crippen molar-refractivity contribution < 1.29 is 13.2 Å². The van der Waals surface area contributed by atoms with Crippen LogP contribution in [-0.4, -0.2) is 50.4 Å². The summed E-state index contributed by atoms with van der Waals surface area (Å²) in [6.45, 7) is 2.43. The highest BCUT2D eigenvalue weighted by atomic mass is 79.9. The molecule has 1 N–H and O–H groups in total. The fourth-order valence-corrected chi connectivity index (χ4v) is 4.32. The summed E-state index contributed by atoms with van der Waals surface area (Å²) in [4.78, 5) is 0.454. The Morgan fingerprint density at radius 2 is 2.00 bits per heavy atom. The molecule has 0 aromatic rings. The predicted octanol–water partition coefficient (Wildman–Crippen LogP) is 0.717. The fourth-order valence-electron chi connectivity index (χ4n) is 2.31. The van der Waals surface area contributed by atoms with Gasteiger partial charge in [-0.25, -0.2) is 4.72 Å². The van der Waals surface area contributed by atoms with E-state index >= 15 is 0 Å². The van der Waals surface area contributed by atoms with Crippen LogP contribution >= 0.6 is 15.9 Å². The minimum Gasteiger partial charge on any atom is -0.379 e. The fraction of sp³-hybridized carbons (Fsp3) is 1.00. The van der Waals surface area contributed by atoms with Crippen molar-refractivity contribution in [2.45, 2.75) is 24.1 Å². The van der Waals surface area contributed by atoms with Gasteiger partial charge in [-0.15, -0.1) is 0 Å². The molecule has 1 heterocycles. The SMILES string of the molecule is O=S(=O)(NCC1CCCC1Br)N1CCOCC1. The Morgan fingerprint density at radius 1 is 1.29 bits per heavy atom. The number of morpholine rings is 1. The van der Waals surface area contributed by atoms with Gasteiger partial charge in [0.25, 0.3) is 10.2 Å². The van der Waals surface area contributed by atoms with Crippen LogP contribution in [0.1, 0.15) is 19.3 Å². The Bertz CT molecular complexity index is 343. The molecule has 1 saturated heterocycles. The van der Waals surface area contributed by atoms with Crippen molar-refractivity contribution in [2.24, 2.45) is 5.92 Å². The number of nitrogens with one attached hydrogen (secondary N) is 1. The topological polar surface area (TPSA) is 58.6 Å². The van der Waals surface area contributed by atoms with Crippen LogP contribution in [0.2, 0.25) is 0 Å². The zero-order chi connectivity index (χ0) is 12.3. The maximum atomic E-state index is 12.0. The van der Waals surface area contributed by atoms with Gasteiger partial charge in [0.2, 0.25) is 0 Å². The summed E-state index contributed by atoms with van der Waals surface area (Å²) in [6.07, 6.45) is 3.42. The summed E-state index contributed by atoms with van der Waals surface area (Å²) >= 11 is 3.60. The van der Waals surface area contributed by atoms with Gasteiger partial charge in [0.05, 0.1) is 13.2 Å². The zero-order valence-corrected chi connectivity index (χ0v) is 12.2. The summed E-state index contributed by atoms with van der Waals surface area (Å²) < 4.78 is 33.3. The Hall–Kier alpha value is 0.310. The molecule has 0 amide bonds. The van der Waals surface area contributed by atoms with Gasteiger partial charge in [-0.2, -0.15) is 12.7 Å². The number of hydrogen-bond donors (Lipinski definition) is 1. The molecule has 2 aliphatic rings. The summed E-state index contributed by atoms with van der Waals surface area (Å²) in [5.74, 6) is 0.422. The van der Waals surface area contributed by atoms with E-state index in [0.717, 1.165) is 12.8 Å². The van der Waals surface area contributed by atoms with Gasteiger partial charge in [-0.05, 0) is 18.8 Å². The lowest BCUT2D eigenvalue weighted by molar-refractivity contribution is 0.0724. The number of halogens is 1. The molecule has 0 aromatic heterocycles. The van der Waals surface area contributed by atoms with Crippen LogP contribution in [0.25, 0.3) is 0 Å². The van der Waals surface area contributed by atoms with Crippen molar-refractivity contribution >= 4 is 26.1 Å². The highest BCUT2D eigenvalue weighted by molar-refractivity contribution is 9.09. The number of rotatable bonds is 4. The third-order valence-electron chi connectivity index (χ3n) is 3.40. The van der Waals surface area contributed by atoms with E-state index in [0.29, 0.717) is 43.6 Å². The van der Waals surface area contributed by atoms with Crippen molar-refractivity contribution in [2.75, 3.05) is 32.8 Å². The van der Waals surface area contributed by atoms with Crippen molar-refractivity contribution in [3.63, 3.8) is 0 Å². The first-order valence-corrected chi connectivity index (χ1v) is 8.42. The molecule has 1 aliphatic carbocycles. The van der Waals surface area contributed by atoms with E-state index in [4.69, 9.17) is 4.74 Å². The zero-order valence-electron chi connectivity index (χ0n) is 9.77. The average Bonchev–Trinajstić information content (AvgIpc) is 2.74. The molecular weight excluding hydrogens is 308 g/mol. The smallest absolute Gasteiger partial charge is 0.279 e. The molecule has 2 unspecified atom stereocenters. The molecule has 100 valence electrons. The van der Waals surface area contributed by atoms with Crippen molar-refractivity contribution in [3.8, 4) is 0 Å². The lowest BCUT2D eigenvalue weighted by Crippen LogP contribution is -2.47. The molecule has 2 fully saturated rings. The summed E-state index contributed by atoms with van der Waals surface area (Å²) in [6, 6.07) is 0. The quantitative estimate of drug-likeness (QED) is 0.774. The van der Waals surface area contributed by atoms with Crippen molar-refractivity contribution in [1.29, 1.82) is 0 Å². The Morgan fingerprint density at radius 3 is 2.59 bits per heavy atom. The van der Waals surface area contributed by atoms with Gasteiger partial charge in [-0.1, -0.05) is 22.4 Å². The second-order valence-corrected chi connectivity index (χ2v) is 7.50. The lowest BCUT2D eigenvalue weighted by Gasteiger charge is -2.27. The monoisotopic (exact) mass is 326 g/mol. The predicted molar refractivity (Wildman–Crippen MR) is 69.4 cm³/mol. The van der Waals surface area contributed by atoms with Gasteiger partial charge in [0.15, 0.2) is 0 Å². The van der Waals surface area contributed by atoms with Gasteiger partial charge < -0.3 is 4.74 Å². The van der Waals surface area contributed by atoms with Gasteiger partial charge in [-0.3, -0.25) is 0 Å². The molecule has 1 aliphatic heterocycles. The van der Waals surface area contributed by atoms with Crippen LogP contribution in [0, 0.1) is 5.92 Å². The van der Waals surface area contributed by atoms with Gasteiger partial charge >= 0.3 is 0 Å². The van der Waals surface area contributed by atoms with Crippen molar-refractivity contribution in [1.82, 2.24) is 9.03 Å². The van der Waals surface area contributed by atoms with E-state index in [1.54, 1.807) is 0 Å². The van der Waals surface area contributed by atoms with E-state index < -0.39 is 10.2 Å². The molecule has 0 aromatic carbocycles. The highest BCUT2D eigenvalue weighted by Gasteiger charge is 2.29. The molecule has 5 nitrogen and oxygen atoms in total. The number of hydrogen-bond acceptors (Lipinski definition) is 3. The number of nitrogens with zero attached hydrogens (tertiary/aromatic N) is 1. The maximum Gasteiger partial charge on any atom is 0.279 e. The maximum absolute atomic E-state index is 12.0. The minimum absolute atomic E-state index is 0.422. The second-order valence-electron chi connectivity index (χ2n) is 4.57. The molecular formula is C10H19BrN2O3S. The van der Waals surface area contributed by atoms with Crippen LogP contribution < -0.4 is 4.72 Å². The third-order valence-corrected chi connectivity index (χ3v) is 6.19. The normalized spacial score (nSPS) is 31.8. The van der Waals surface area contributed by atoms with Crippen LogP contribution in [-0.2, 0) is 14.9 Å². The molecule has 17 heavy (non-hydrogen) atoms. The number of ether oxygens (including phenoxy) is 1. The molecule has 7 heteroatoms. The van der Waals surface area contributed by atoms with Crippen LogP contribution in [0.3, 0.4) is 0 Å². The lowest BCUT2D eigenvalue weighted by atomic mass is 10.1. The van der Waals surface area contributed by atoms with Gasteiger partial charge in [0, 0.05) is 24.5 Å². The Balaban J connectivity index is 1.84. The van der Waals surface area contributed by atoms with E-state index in [-0.39, 0.29) is 0 Å². The van der Waals surface area contributed by atoms with E-state index in [1.165, 1.54) is 10.7 Å². The minimum atomic E-state index is -3.31. The molecule has 0 radical (unpaired) electrons. The molecule has 0 spiro atoms.